The Labute approximate surface area is 187 Å². The van der Waals surface area contributed by atoms with E-state index in [-0.39, 0.29) is 11.3 Å². The Morgan fingerprint density at radius 1 is 1.23 bits per heavy atom. The molecule has 0 spiro atoms. The predicted molar refractivity (Wildman–Crippen MR) is 126 cm³/mol. The average Bonchev–Trinajstić information content (AvgIpc) is 2.78. The fourth-order valence-corrected chi connectivity index (χ4v) is 4.16. The van der Waals surface area contributed by atoms with Gasteiger partial charge in [-0.2, -0.15) is 0 Å². The summed E-state index contributed by atoms with van der Waals surface area (Å²) in [6.07, 6.45) is 1.77. The molecule has 0 aliphatic carbocycles. The van der Waals surface area contributed by atoms with Crippen molar-refractivity contribution in [2.75, 3.05) is 60.1 Å². The lowest BCUT2D eigenvalue weighted by atomic mass is 9.73. The van der Waals surface area contributed by atoms with Crippen LogP contribution in [0.25, 0.3) is 0 Å². The lowest BCUT2D eigenvalue weighted by Crippen LogP contribution is -2.46. The zero-order chi connectivity index (χ0) is 22.9. The molecule has 1 aliphatic heterocycles. The van der Waals surface area contributed by atoms with Gasteiger partial charge in [0.05, 0.1) is 20.2 Å². The van der Waals surface area contributed by atoms with Gasteiger partial charge in [0, 0.05) is 50.9 Å². The highest BCUT2D eigenvalue weighted by molar-refractivity contribution is 5.86. The van der Waals surface area contributed by atoms with E-state index in [9.17, 15) is 4.79 Å². The van der Waals surface area contributed by atoms with E-state index in [0.29, 0.717) is 39.4 Å². The number of aliphatic imine (C=N–C) groups is 1. The summed E-state index contributed by atoms with van der Waals surface area (Å²) in [5, 5.41) is 3.35. The first-order valence-electron chi connectivity index (χ1n) is 11.4. The van der Waals surface area contributed by atoms with E-state index in [1.165, 1.54) is 11.1 Å². The Morgan fingerprint density at radius 2 is 1.90 bits per heavy atom. The molecule has 0 radical (unpaired) electrons. The van der Waals surface area contributed by atoms with Gasteiger partial charge in [-0.15, -0.1) is 0 Å². The second-order valence-corrected chi connectivity index (χ2v) is 8.19. The fraction of sp³-hybridized carbons (Fsp3) is 0.667. The van der Waals surface area contributed by atoms with Gasteiger partial charge in [0.15, 0.2) is 5.96 Å². The Balaban J connectivity index is 2.32. The lowest BCUT2D eigenvalue weighted by molar-refractivity contribution is -0.131. The Hall–Kier alpha value is -2.28. The maximum Gasteiger partial charge on any atom is 0.242 e. The Morgan fingerprint density at radius 3 is 2.48 bits per heavy atom. The minimum absolute atomic E-state index is 0.110. The van der Waals surface area contributed by atoms with Crippen LogP contribution >= 0.6 is 0 Å². The van der Waals surface area contributed by atoms with Gasteiger partial charge in [0.2, 0.25) is 5.91 Å². The third-order valence-corrected chi connectivity index (χ3v) is 6.09. The number of benzene rings is 1. The zero-order valence-corrected chi connectivity index (χ0v) is 20.2. The topological polar surface area (TPSA) is 66.4 Å². The summed E-state index contributed by atoms with van der Waals surface area (Å²) in [5.41, 5.74) is 2.25. The van der Waals surface area contributed by atoms with Crippen molar-refractivity contribution in [1.82, 2.24) is 15.1 Å². The number of carbonyl (C=O) groups is 1. The number of carbonyl (C=O) groups excluding carboxylic acids is 1. The number of aryl methyl sites for hydroxylation is 1. The molecule has 0 saturated carbocycles. The van der Waals surface area contributed by atoms with Crippen molar-refractivity contribution >= 4 is 11.9 Å². The molecule has 1 aromatic carbocycles. The van der Waals surface area contributed by atoms with Crippen LogP contribution in [0.4, 0.5) is 0 Å². The maximum atomic E-state index is 12.6. The van der Waals surface area contributed by atoms with E-state index in [0.717, 1.165) is 31.1 Å². The maximum absolute atomic E-state index is 12.6. The summed E-state index contributed by atoms with van der Waals surface area (Å²) in [5.74, 6) is 1.76. The second-order valence-electron chi connectivity index (χ2n) is 8.19. The Kier molecular flexibility index (Phi) is 9.62. The van der Waals surface area contributed by atoms with Crippen LogP contribution in [-0.2, 0) is 14.9 Å². The van der Waals surface area contributed by atoms with Crippen molar-refractivity contribution < 1.29 is 14.3 Å². The monoisotopic (exact) mass is 432 g/mol. The number of amides is 1. The molecule has 0 atom stereocenters. The summed E-state index contributed by atoms with van der Waals surface area (Å²) in [6.45, 7) is 12.7. The zero-order valence-electron chi connectivity index (χ0n) is 20.2. The smallest absolute Gasteiger partial charge is 0.242 e. The number of ether oxygens (including phenoxy) is 2. The van der Waals surface area contributed by atoms with Crippen molar-refractivity contribution in [3.63, 3.8) is 0 Å². The van der Waals surface area contributed by atoms with Gasteiger partial charge in [0.25, 0.3) is 0 Å². The van der Waals surface area contributed by atoms with Gasteiger partial charge < -0.3 is 24.6 Å². The van der Waals surface area contributed by atoms with Crippen molar-refractivity contribution in [3.8, 4) is 5.75 Å². The molecule has 1 aromatic rings. The van der Waals surface area contributed by atoms with E-state index in [1.807, 2.05) is 43.7 Å². The van der Waals surface area contributed by atoms with Crippen molar-refractivity contribution in [2.24, 2.45) is 4.99 Å². The summed E-state index contributed by atoms with van der Waals surface area (Å²) >= 11 is 0. The summed E-state index contributed by atoms with van der Waals surface area (Å²) < 4.78 is 11.4. The van der Waals surface area contributed by atoms with Crippen molar-refractivity contribution in [3.05, 3.63) is 29.3 Å². The molecule has 31 heavy (non-hydrogen) atoms. The minimum Gasteiger partial charge on any atom is -0.496 e. The highest BCUT2D eigenvalue weighted by atomic mass is 16.5. The summed E-state index contributed by atoms with van der Waals surface area (Å²) in [7, 11) is 3.65. The molecule has 1 heterocycles. The molecule has 1 amide bonds. The van der Waals surface area contributed by atoms with Crippen LogP contribution in [0.2, 0.25) is 0 Å². The first-order valence-corrected chi connectivity index (χ1v) is 11.4. The summed E-state index contributed by atoms with van der Waals surface area (Å²) in [4.78, 5) is 21.4. The van der Waals surface area contributed by atoms with Gasteiger partial charge in [-0.1, -0.05) is 17.7 Å². The molecule has 2 rings (SSSR count). The first-order chi connectivity index (χ1) is 14.9. The van der Waals surface area contributed by atoms with Gasteiger partial charge >= 0.3 is 0 Å². The average molecular weight is 433 g/mol. The molecule has 174 valence electrons. The van der Waals surface area contributed by atoms with Gasteiger partial charge in [0.1, 0.15) is 5.75 Å². The largest absolute Gasteiger partial charge is 0.496 e. The van der Waals surface area contributed by atoms with Crippen LogP contribution in [0.15, 0.2) is 23.2 Å². The lowest BCUT2D eigenvalue weighted by Gasteiger charge is -2.38. The fourth-order valence-electron chi connectivity index (χ4n) is 4.16. The molecule has 0 aromatic heterocycles. The van der Waals surface area contributed by atoms with Crippen LogP contribution in [0.5, 0.6) is 5.75 Å². The number of hydrogen-bond acceptors (Lipinski definition) is 4. The predicted octanol–water partition coefficient (Wildman–Crippen LogP) is 2.82. The molecule has 1 saturated heterocycles. The number of methoxy groups -OCH3 is 1. The molecule has 0 bridgehead atoms. The van der Waals surface area contributed by atoms with E-state index < -0.39 is 0 Å². The van der Waals surface area contributed by atoms with Crippen LogP contribution in [0, 0.1) is 6.92 Å². The van der Waals surface area contributed by atoms with Gasteiger partial charge in [-0.25, -0.2) is 0 Å². The molecule has 7 heteroatoms. The number of nitrogens with one attached hydrogen (secondary N) is 1. The van der Waals surface area contributed by atoms with Crippen LogP contribution in [-0.4, -0.2) is 81.8 Å². The highest BCUT2D eigenvalue weighted by Crippen LogP contribution is 2.40. The third kappa shape index (κ3) is 6.35. The van der Waals surface area contributed by atoms with Crippen molar-refractivity contribution in [1.29, 1.82) is 0 Å². The molecule has 1 aliphatic rings. The number of nitrogens with zero attached hydrogens (tertiary/aromatic N) is 3. The van der Waals surface area contributed by atoms with Crippen molar-refractivity contribution in [2.45, 2.75) is 46.0 Å². The van der Waals surface area contributed by atoms with Gasteiger partial charge in [-0.3, -0.25) is 9.79 Å². The normalized spacial score (nSPS) is 16.0. The van der Waals surface area contributed by atoms with E-state index in [1.54, 1.807) is 7.11 Å². The van der Waals surface area contributed by atoms with Gasteiger partial charge in [-0.05, 0) is 46.6 Å². The van der Waals surface area contributed by atoms with Crippen LogP contribution < -0.4 is 10.1 Å². The number of guanidine groups is 1. The SMILES string of the molecule is CCNC(=NCC1(c2cc(C)ccc2OC)CCOCC1)N(C)CC(=O)N(CC)CC. The minimum atomic E-state index is -0.153. The molecular formula is C24H40N4O3. The van der Waals surface area contributed by atoms with E-state index >= 15 is 0 Å². The first kappa shape index (κ1) is 25.0. The number of likely N-dealkylation sites (N-methyl/N-ethyl adjacent to an activating group) is 2. The second kappa shape index (κ2) is 11.9. The molecule has 1 fully saturated rings. The highest BCUT2D eigenvalue weighted by Gasteiger charge is 2.37. The number of hydrogen-bond donors (Lipinski definition) is 1. The quantitative estimate of drug-likeness (QED) is 0.480. The standard InChI is InChI=1S/C24H40N4O3/c1-7-25-23(27(5)17-22(29)28(8-2)9-3)26-18-24(12-14-31-15-13-24)20-16-19(4)10-11-21(20)30-6/h10-11,16H,7-9,12-15,17-18H2,1-6H3,(H,25,26). The third-order valence-electron chi connectivity index (χ3n) is 6.09. The number of rotatable bonds is 9. The van der Waals surface area contributed by atoms with E-state index in [2.05, 4.69) is 24.4 Å². The Bertz CT molecular complexity index is 740. The summed E-state index contributed by atoms with van der Waals surface area (Å²) in [6, 6.07) is 6.35. The molecule has 1 N–H and O–H groups in total. The molecular weight excluding hydrogens is 392 g/mol. The molecule has 0 unspecified atom stereocenters. The molecule has 7 nitrogen and oxygen atoms in total. The van der Waals surface area contributed by atoms with E-state index in [4.69, 9.17) is 14.5 Å². The van der Waals surface area contributed by atoms with Crippen LogP contribution in [0.1, 0.15) is 44.7 Å². The van der Waals surface area contributed by atoms with Crippen LogP contribution in [0.3, 0.4) is 0 Å².